The van der Waals surface area contributed by atoms with E-state index in [2.05, 4.69) is 397 Å². The molecule has 0 bridgehead atoms. The molecule has 0 radical (unpaired) electrons. The fourth-order valence-corrected chi connectivity index (χ4v) is 19.2. The number of anilines is 9. The minimum Gasteiger partial charge on any atom is -0.456 e. The molecule has 0 saturated heterocycles. The highest BCUT2D eigenvalue weighted by Gasteiger charge is 2.25. The van der Waals surface area contributed by atoms with Crippen molar-refractivity contribution in [1.82, 2.24) is 0 Å². The van der Waals surface area contributed by atoms with Crippen molar-refractivity contribution >= 4 is 204 Å². The summed E-state index contributed by atoms with van der Waals surface area (Å²) in [5.41, 5.74) is 29.2. The van der Waals surface area contributed by atoms with Gasteiger partial charge in [-0.15, -0.1) is 0 Å². The van der Waals surface area contributed by atoms with Crippen LogP contribution >= 0.6 is 0 Å². The number of fused-ring (bicyclic) bond motifs is 21. The summed E-state index contributed by atoms with van der Waals surface area (Å²) in [5.74, 6) is 0. The quantitative estimate of drug-likeness (QED) is 0.105. The van der Waals surface area contributed by atoms with Crippen LogP contribution in [0.2, 0.25) is 0 Å². The van der Waals surface area contributed by atoms with Gasteiger partial charge in [-0.2, -0.15) is 0 Å². The van der Waals surface area contributed by atoms with Crippen LogP contribution in [0.3, 0.4) is 0 Å². The molecule has 131 heavy (non-hydrogen) atoms. The first-order valence-corrected chi connectivity index (χ1v) is 44.2. The zero-order chi connectivity index (χ0) is 86.4. The zero-order valence-corrected chi connectivity index (χ0v) is 70.7. The Morgan fingerprint density at radius 1 is 0.122 bits per heavy atom. The van der Waals surface area contributed by atoms with Gasteiger partial charge in [-0.3, -0.25) is 0 Å². The van der Waals surface area contributed by atoms with Crippen molar-refractivity contribution in [2.45, 2.75) is 0 Å². The highest BCUT2D eigenvalue weighted by molar-refractivity contribution is 6.15. The molecule has 27 rings (SSSR count). The molecule has 0 N–H and O–H groups in total. The molecule has 27 aromatic rings. The van der Waals surface area contributed by atoms with Crippen molar-refractivity contribution in [2.24, 2.45) is 0 Å². The van der Waals surface area contributed by atoms with Crippen LogP contribution in [0.5, 0.6) is 0 Å². The summed E-state index contributed by atoms with van der Waals surface area (Å²) in [7, 11) is 0. The van der Waals surface area contributed by atoms with E-state index in [0.717, 1.165) is 188 Å². The number of rotatable bonds is 13. The Hall–Kier alpha value is -17.7. The molecule has 616 valence electrons. The van der Waals surface area contributed by atoms with Gasteiger partial charge in [0.05, 0.1) is 11.4 Å². The molecular weight excluding hydrogens is 1600 g/mol. The first-order valence-electron chi connectivity index (χ1n) is 44.2. The Kier molecular flexibility index (Phi) is 18.4. The van der Waals surface area contributed by atoms with Crippen molar-refractivity contribution in [3.8, 4) is 44.5 Å². The highest BCUT2D eigenvalue weighted by Crippen LogP contribution is 2.49. The lowest BCUT2D eigenvalue weighted by Gasteiger charge is -2.26. The Morgan fingerprint density at radius 3 is 0.718 bits per heavy atom. The summed E-state index contributed by atoms with van der Waals surface area (Å²) in [4.78, 5) is 6.81. The third kappa shape index (κ3) is 13.7. The normalized spacial score (nSPS) is 11.7. The largest absolute Gasteiger partial charge is 0.456 e. The van der Waals surface area contributed by atoms with E-state index in [1.807, 2.05) is 84.9 Å². The molecule has 0 spiro atoms. The number of hydrogen-bond donors (Lipinski definition) is 0. The van der Waals surface area contributed by atoms with E-state index < -0.39 is 0 Å². The average Bonchev–Trinajstić information content (AvgIpc) is 1.39. The molecule has 0 unspecified atom stereocenters. The van der Waals surface area contributed by atoms with Gasteiger partial charge in [0.1, 0.15) is 61.4 Å². The summed E-state index contributed by atoms with van der Waals surface area (Å²) in [6.07, 6.45) is 0. The number of nitrogens with zero attached hydrogens (tertiary/aromatic N) is 3. The molecule has 6 heterocycles. The van der Waals surface area contributed by atoms with Gasteiger partial charge in [0.25, 0.3) is 0 Å². The Labute approximate surface area is 752 Å². The fraction of sp³-hybridized carbons (Fsp3) is 0. The maximum Gasteiger partial charge on any atom is 0.159 e. The number of para-hydroxylation sites is 7. The van der Waals surface area contributed by atoms with Crippen molar-refractivity contribution < 1.29 is 26.5 Å². The van der Waals surface area contributed by atoms with Crippen molar-refractivity contribution in [3.05, 3.63) is 467 Å². The smallest absolute Gasteiger partial charge is 0.159 e. The maximum atomic E-state index is 6.52. The van der Waals surface area contributed by atoms with Gasteiger partial charge in [-0.05, 0) is 206 Å². The Balaban J connectivity index is 0.000000106. The Bertz CT molecular complexity index is 8830. The molecule has 0 fully saturated rings. The lowest BCUT2D eigenvalue weighted by atomic mass is 10.00. The van der Waals surface area contributed by atoms with E-state index in [-0.39, 0.29) is 0 Å². The van der Waals surface area contributed by atoms with Crippen LogP contribution in [-0.4, -0.2) is 0 Å². The number of furan rings is 6. The highest BCUT2D eigenvalue weighted by atomic mass is 16.3. The van der Waals surface area contributed by atoms with E-state index in [1.54, 1.807) is 0 Å². The minimum atomic E-state index is 0.851. The second kappa shape index (κ2) is 31.8. The standard InChI is InChI=1S/2C42H27NO2.C38H23NO2/c1-2-9-28(10-3-1)29-17-19-30(20-18-29)31-21-23-32(24-22-31)43(33-25-26-36-34-11-4-6-15-39(34)44-41(36)27-33)38-14-8-13-37-35-12-5-7-16-40(35)45-42(37)38;1-2-8-28(9-3-1)29-14-16-30(17-15-29)31-18-20-32(21-19-31)43(33-22-24-37-35-10-4-6-12-39(35)44-41(37)26-33)34-23-25-38-36-11-5-7-13-40(36)45-42(38)27-34;1-2-8-29-24(7-1)13-14-25-21-26(15-18-30(25)29)39(27-16-19-33-31-9-3-5-11-35(31)40-37(33)22-27)28-17-20-34-32-10-4-6-12-36(32)41-38(34)23-28/h2*1-27H;1-23H. The monoisotopic (exact) mass is 1680 g/mol. The van der Waals surface area contributed by atoms with Crippen LogP contribution in [0.1, 0.15) is 0 Å². The van der Waals surface area contributed by atoms with Crippen LogP contribution in [0.4, 0.5) is 51.2 Å². The van der Waals surface area contributed by atoms with Gasteiger partial charge in [0, 0.05) is 135 Å². The molecule has 0 atom stereocenters. The first-order chi connectivity index (χ1) is 64.9. The van der Waals surface area contributed by atoms with Crippen LogP contribution in [0, 0.1) is 0 Å². The van der Waals surface area contributed by atoms with Crippen molar-refractivity contribution in [1.29, 1.82) is 0 Å². The van der Waals surface area contributed by atoms with E-state index in [0.29, 0.717) is 0 Å². The Morgan fingerprint density at radius 2 is 0.351 bits per heavy atom. The molecule has 0 aliphatic carbocycles. The lowest BCUT2D eigenvalue weighted by Crippen LogP contribution is -2.10. The molecule has 0 saturated carbocycles. The van der Waals surface area contributed by atoms with Crippen LogP contribution in [-0.2, 0) is 0 Å². The predicted molar refractivity (Wildman–Crippen MR) is 544 cm³/mol. The third-order valence-corrected chi connectivity index (χ3v) is 25.6. The van der Waals surface area contributed by atoms with Gasteiger partial charge in [0.2, 0.25) is 0 Å². The van der Waals surface area contributed by atoms with E-state index in [9.17, 15) is 0 Å². The van der Waals surface area contributed by atoms with Gasteiger partial charge in [-0.25, -0.2) is 0 Å². The van der Waals surface area contributed by atoms with Crippen LogP contribution in [0.15, 0.2) is 494 Å². The van der Waals surface area contributed by atoms with Gasteiger partial charge in [0.15, 0.2) is 5.58 Å². The summed E-state index contributed by atoms with van der Waals surface area (Å²) in [6.45, 7) is 0. The third-order valence-electron chi connectivity index (χ3n) is 25.6. The topological polar surface area (TPSA) is 88.6 Å². The van der Waals surface area contributed by atoms with Crippen molar-refractivity contribution in [3.63, 3.8) is 0 Å². The molecule has 21 aromatic carbocycles. The number of benzene rings is 21. The number of hydrogen-bond acceptors (Lipinski definition) is 9. The molecule has 6 aromatic heterocycles. The maximum absolute atomic E-state index is 6.52. The van der Waals surface area contributed by atoms with Crippen LogP contribution in [0.25, 0.3) is 198 Å². The van der Waals surface area contributed by atoms with E-state index in [1.165, 1.54) is 60.5 Å². The fourth-order valence-electron chi connectivity index (χ4n) is 19.2. The summed E-state index contributed by atoms with van der Waals surface area (Å²) in [5, 5.41) is 18.3. The summed E-state index contributed by atoms with van der Waals surface area (Å²) in [6, 6.07) is 164. The minimum absolute atomic E-state index is 0.851. The molecular formula is C122H77N3O6. The molecule has 9 heteroatoms. The molecule has 0 amide bonds. The summed E-state index contributed by atoms with van der Waals surface area (Å²) < 4.78 is 38.0. The van der Waals surface area contributed by atoms with Crippen molar-refractivity contribution in [2.75, 3.05) is 14.7 Å². The molecule has 9 nitrogen and oxygen atoms in total. The summed E-state index contributed by atoms with van der Waals surface area (Å²) >= 11 is 0. The van der Waals surface area contributed by atoms with E-state index in [4.69, 9.17) is 26.5 Å². The molecule has 0 aliphatic heterocycles. The SMILES string of the molecule is c1ccc(-c2ccc(-c3ccc(N(c4ccc5c(c4)oc4ccccc45)c4ccc5c(c4)oc4ccccc45)cc3)cc2)cc1.c1ccc(-c2ccc(-c3ccc(N(c4ccc5c(c4)oc4ccccc45)c4cccc5c4oc4ccccc45)cc3)cc2)cc1.c1ccc2c(c1)ccc1cc(N(c3ccc4c(c3)oc3ccccc34)c3ccc4c(c3)oc3ccccc34)ccc12. The predicted octanol–water partition coefficient (Wildman–Crippen LogP) is 35.8. The molecule has 0 aliphatic rings. The van der Waals surface area contributed by atoms with Gasteiger partial charge < -0.3 is 41.2 Å². The zero-order valence-electron chi connectivity index (χ0n) is 70.7. The second-order valence-electron chi connectivity index (χ2n) is 33.3. The van der Waals surface area contributed by atoms with Gasteiger partial charge in [-0.1, -0.05) is 297 Å². The van der Waals surface area contributed by atoms with Gasteiger partial charge >= 0.3 is 0 Å². The van der Waals surface area contributed by atoms with Crippen LogP contribution < -0.4 is 14.7 Å². The second-order valence-corrected chi connectivity index (χ2v) is 33.3. The van der Waals surface area contributed by atoms with E-state index >= 15 is 0 Å². The average molecular weight is 1680 g/mol. The lowest BCUT2D eigenvalue weighted by molar-refractivity contribution is 0.667. The first kappa shape index (κ1) is 75.8.